The highest BCUT2D eigenvalue weighted by molar-refractivity contribution is 7.17. The van der Waals surface area contributed by atoms with Gasteiger partial charge in [0.1, 0.15) is 22.2 Å². The quantitative estimate of drug-likeness (QED) is 0.444. The van der Waals surface area contributed by atoms with Crippen molar-refractivity contribution in [1.29, 1.82) is 0 Å². The lowest BCUT2D eigenvalue weighted by Crippen LogP contribution is -1.98. The van der Waals surface area contributed by atoms with Crippen LogP contribution in [0.15, 0.2) is 53.9 Å². The molecule has 130 valence electrons. The second-order valence-electron chi connectivity index (χ2n) is 5.50. The highest BCUT2D eigenvalue weighted by Gasteiger charge is 2.16. The van der Waals surface area contributed by atoms with Gasteiger partial charge in [-0.15, -0.1) is 11.3 Å². The standard InChI is InChI=1S/C19H13ClFN3OS/c1-25-12-8-6-11(7-9-12)13-10-26-18-16(13)17(23-19(20)24-18)22-15-5-3-2-4-14(15)21/h2-10H,1H3,(H,22,23,24). The average Bonchev–Trinajstić information content (AvgIpc) is 3.07. The maximum Gasteiger partial charge on any atom is 0.225 e. The number of fused-ring (bicyclic) bond motifs is 1. The molecule has 4 rings (SSSR count). The molecule has 26 heavy (non-hydrogen) atoms. The van der Waals surface area contributed by atoms with E-state index in [0.717, 1.165) is 27.1 Å². The molecule has 4 nitrogen and oxygen atoms in total. The van der Waals surface area contributed by atoms with Crippen LogP contribution in [0.5, 0.6) is 5.75 Å². The summed E-state index contributed by atoms with van der Waals surface area (Å²) in [4.78, 5) is 9.31. The normalized spacial score (nSPS) is 10.9. The van der Waals surface area contributed by atoms with Gasteiger partial charge in [0.2, 0.25) is 5.28 Å². The van der Waals surface area contributed by atoms with Gasteiger partial charge in [0.25, 0.3) is 0 Å². The zero-order chi connectivity index (χ0) is 18.1. The maximum absolute atomic E-state index is 14.1. The minimum absolute atomic E-state index is 0.111. The van der Waals surface area contributed by atoms with Crippen LogP contribution in [-0.4, -0.2) is 17.1 Å². The molecule has 0 amide bonds. The third-order valence-corrected chi connectivity index (χ3v) is 4.98. The summed E-state index contributed by atoms with van der Waals surface area (Å²) in [6.07, 6.45) is 0. The van der Waals surface area contributed by atoms with Crippen molar-refractivity contribution in [2.24, 2.45) is 0 Å². The van der Waals surface area contributed by atoms with Gasteiger partial charge >= 0.3 is 0 Å². The van der Waals surface area contributed by atoms with Gasteiger partial charge in [-0.3, -0.25) is 0 Å². The lowest BCUT2D eigenvalue weighted by atomic mass is 10.1. The number of thiophene rings is 1. The molecular weight excluding hydrogens is 373 g/mol. The predicted molar refractivity (Wildman–Crippen MR) is 104 cm³/mol. The van der Waals surface area contributed by atoms with E-state index in [1.165, 1.54) is 17.4 Å². The fraction of sp³-hybridized carbons (Fsp3) is 0.0526. The van der Waals surface area contributed by atoms with Crippen molar-refractivity contribution in [2.45, 2.75) is 0 Å². The Morgan fingerprint density at radius 1 is 1.08 bits per heavy atom. The molecule has 0 fully saturated rings. The zero-order valence-electron chi connectivity index (χ0n) is 13.7. The fourth-order valence-electron chi connectivity index (χ4n) is 2.68. The number of nitrogens with zero attached hydrogens (tertiary/aromatic N) is 2. The van der Waals surface area contributed by atoms with Gasteiger partial charge in [-0.05, 0) is 41.4 Å². The number of nitrogens with one attached hydrogen (secondary N) is 1. The van der Waals surface area contributed by atoms with Crippen LogP contribution in [0, 0.1) is 5.82 Å². The molecule has 0 saturated carbocycles. The first-order chi connectivity index (χ1) is 12.7. The molecule has 1 N–H and O–H groups in total. The molecular formula is C19H13ClFN3OS. The van der Waals surface area contributed by atoms with Gasteiger partial charge in [0.05, 0.1) is 18.2 Å². The number of anilines is 2. The molecule has 0 radical (unpaired) electrons. The SMILES string of the molecule is COc1ccc(-c2csc3nc(Cl)nc(Nc4ccccc4F)c23)cc1. The first kappa shape index (κ1) is 16.8. The lowest BCUT2D eigenvalue weighted by molar-refractivity contribution is 0.415. The predicted octanol–water partition coefficient (Wildman–Crippen LogP) is 5.90. The lowest BCUT2D eigenvalue weighted by Gasteiger charge is -2.10. The van der Waals surface area contributed by atoms with Crippen molar-refractivity contribution < 1.29 is 9.13 Å². The van der Waals surface area contributed by atoms with Crippen molar-refractivity contribution in [3.8, 4) is 16.9 Å². The summed E-state index contributed by atoms with van der Waals surface area (Å²) in [6, 6.07) is 14.1. The fourth-order valence-corrected chi connectivity index (χ4v) is 3.85. The van der Waals surface area contributed by atoms with Crippen LogP contribution in [0.3, 0.4) is 0 Å². The number of hydrogen-bond acceptors (Lipinski definition) is 5. The van der Waals surface area contributed by atoms with E-state index in [-0.39, 0.29) is 11.1 Å². The molecule has 0 unspecified atom stereocenters. The van der Waals surface area contributed by atoms with Crippen LogP contribution < -0.4 is 10.1 Å². The summed E-state index contributed by atoms with van der Waals surface area (Å²) >= 11 is 7.52. The van der Waals surface area contributed by atoms with E-state index in [1.54, 1.807) is 25.3 Å². The van der Waals surface area contributed by atoms with Crippen molar-refractivity contribution in [3.63, 3.8) is 0 Å². The molecule has 0 aliphatic heterocycles. The number of hydrogen-bond donors (Lipinski definition) is 1. The van der Waals surface area contributed by atoms with E-state index in [0.29, 0.717) is 11.5 Å². The van der Waals surface area contributed by atoms with E-state index in [1.807, 2.05) is 29.6 Å². The number of ether oxygens (including phenoxy) is 1. The number of methoxy groups -OCH3 is 1. The second kappa shape index (κ2) is 6.90. The largest absolute Gasteiger partial charge is 0.497 e. The smallest absolute Gasteiger partial charge is 0.225 e. The van der Waals surface area contributed by atoms with Crippen LogP contribution in [0.4, 0.5) is 15.9 Å². The van der Waals surface area contributed by atoms with Crippen molar-refractivity contribution >= 4 is 44.7 Å². The highest BCUT2D eigenvalue weighted by atomic mass is 35.5. The molecule has 4 aromatic rings. The Hall–Kier alpha value is -2.70. The molecule has 0 bridgehead atoms. The molecule has 2 aromatic carbocycles. The van der Waals surface area contributed by atoms with Crippen molar-refractivity contribution in [1.82, 2.24) is 9.97 Å². The Kier molecular flexibility index (Phi) is 4.44. The van der Waals surface area contributed by atoms with E-state index < -0.39 is 0 Å². The Morgan fingerprint density at radius 2 is 1.85 bits per heavy atom. The minimum atomic E-state index is -0.364. The molecule has 0 spiro atoms. The summed E-state index contributed by atoms with van der Waals surface area (Å²) < 4.78 is 19.3. The minimum Gasteiger partial charge on any atom is -0.497 e. The zero-order valence-corrected chi connectivity index (χ0v) is 15.2. The third-order valence-electron chi connectivity index (χ3n) is 3.93. The maximum atomic E-state index is 14.1. The molecule has 0 atom stereocenters. The molecule has 0 saturated heterocycles. The number of para-hydroxylation sites is 1. The second-order valence-corrected chi connectivity index (χ2v) is 6.70. The summed E-state index contributed by atoms with van der Waals surface area (Å²) in [6.45, 7) is 0. The van der Waals surface area contributed by atoms with Gasteiger partial charge in [-0.2, -0.15) is 4.98 Å². The van der Waals surface area contributed by atoms with Crippen molar-refractivity contribution in [3.05, 3.63) is 65.0 Å². The van der Waals surface area contributed by atoms with Gasteiger partial charge in [0, 0.05) is 10.9 Å². The van der Waals surface area contributed by atoms with Crippen LogP contribution in [0.2, 0.25) is 5.28 Å². The summed E-state index contributed by atoms with van der Waals surface area (Å²) in [5.41, 5.74) is 2.26. The van der Waals surface area contributed by atoms with Crippen LogP contribution in [0.1, 0.15) is 0 Å². The first-order valence-corrected chi connectivity index (χ1v) is 9.02. The first-order valence-electron chi connectivity index (χ1n) is 7.76. The van der Waals surface area contributed by atoms with E-state index in [2.05, 4.69) is 15.3 Å². The molecule has 2 aromatic heterocycles. The molecule has 2 heterocycles. The summed E-state index contributed by atoms with van der Waals surface area (Å²) in [5.74, 6) is 0.881. The Labute approximate surface area is 158 Å². The van der Waals surface area contributed by atoms with Gasteiger partial charge in [-0.1, -0.05) is 24.3 Å². The molecule has 0 aliphatic carbocycles. The Balaban J connectivity index is 1.86. The van der Waals surface area contributed by atoms with Gasteiger partial charge < -0.3 is 10.1 Å². The van der Waals surface area contributed by atoms with Crippen LogP contribution in [0.25, 0.3) is 21.3 Å². The molecule has 7 heteroatoms. The Morgan fingerprint density at radius 3 is 2.58 bits per heavy atom. The Bertz CT molecular complexity index is 1080. The van der Waals surface area contributed by atoms with Crippen molar-refractivity contribution in [2.75, 3.05) is 12.4 Å². The van der Waals surface area contributed by atoms with Gasteiger partial charge in [0.15, 0.2) is 0 Å². The molecule has 0 aliphatic rings. The summed E-state index contributed by atoms with van der Waals surface area (Å²) in [7, 11) is 1.63. The number of aromatic nitrogens is 2. The van der Waals surface area contributed by atoms with E-state index in [9.17, 15) is 4.39 Å². The van der Waals surface area contributed by atoms with Crippen LogP contribution >= 0.6 is 22.9 Å². The van der Waals surface area contributed by atoms with E-state index >= 15 is 0 Å². The number of rotatable bonds is 4. The van der Waals surface area contributed by atoms with Gasteiger partial charge in [-0.25, -0.2) is 9.37 Å². The van der Waals surface area contributed by atoms with Crippen LogP contribution in [-0.2, 0) is 0 Å². The third kappa shape index (κ3) is 3.09. The average molecular weight is 386 g/mol. The summed E-state index contributed by atoms with van der Waals surface area (Å²) in [5, 5.41) is 5.95. The number of benzene rings is 2. The topological polar surface area (TPSA) is 47.0 Å². The monoisotopic (exact) mass is 385 g/mol. The number of halogens is 2. The van der Waals surface area contributed by atoms with E-state index in [4.69, 9.17) is 16.3 Å². The highest BCUT2D eigenvalue weighted by Crippen LogP contribution is 2.39.